The van der Waals surface area contributed by atoms with Crippen LogP contribution in [-0.2, 0) is 9.53 Å². The Balaban J connectivity index is 1.98. The third-order valence-electron chi connectivity index (χ3n) is 3.68. The first-order valence-electron chi connectivity index (χ1n) is 8.76. The molecule has 1 heterocycles. The minimum Gasteiger partial charge on any atom is -0.481 e. The van der Waals surface area contributed by atoms with Gasteiger partial charge in [-0.1, -0.05) is 74.8 Å². The Bertz CT molecular complexity index is 432. The van der Waals surface area contributed by atoms with Gasteiger partial charge >= 0.3 is 5.97 Å². The molecule has 0 saturated carbocycles. The highest BCUT2D eigenvalue weighted by molar-refractivity contribution is 5.66. The molecule has 0 spiro atoms. The summed E-state index contributed by atoms with van der Waals surface area (Å²) in [6.45, 7) is 2.22. The van der Waals surface area contributed by atoms with Crippen LogP contribution in [0, 0.1) is 0 Å². The second-order valence-electron chi connectivity index (χ2n) is 5.83. The topological polar surface area (TPSA) is 49.8 Å². The molecule has 1 rings (SSSR count). The summed E-state index contributed by atoms with van der Waals surface area (Å²) in [5.41, 5.74) is 0. The number of rotatable bonds is 13. The summed E-state index contributed by atoms with van der Waals surface area (Å²) in [6.07, 6.45) is 24.9. The van der Waals surface area contributed by atoms with E-state index in [4.69, 9.17) is 9.84 Å². The van der Waals surface area contributed by atoms with Crippen molar-refractivity contribution in [2.24, 2.45) is 0 Å². The van der Waals surface area contributed by atoms with Crippen LogP contribution in [0.1, 0.15) is 58.3 Å². The van der Waals surface area contributed by atoms with Gasteiger partial charge in [-0.25, -0.2) is 0 Å². The predicted octanol–water partition coefficient (Wildman–Crippen LogP) is 5.20. The molecule has 0 bridgehead atoms. The second kappa shape index (κ2) is 12.9. The van der Waals surface area contributed by atoms with Crippen LogP contribution in [0.2, 0.25) is 0 Å². The average molecular weight is 318 g/mol. The van der Waals surface area contributed by atoms with Crippen molar-refractivity contribution in [3.63, 3.8) is 0 Å². The fourth-order valence-corrected chi connectivity index (χ4v) is 2.28. The maximum Gasteiger partial charge on any atom is 0.303 e. The van der Waals surface area contributed by atoms with Gasteiger partial charge in [-0.15, -0.1) is 0 Å². The van der Waals surface area contributed by atoms with E-state index in [1.54, 1.807) is 0 Å². The van der Waals surface area contributed by atoms with Crippen molar-refractivity contribution in [2.45, 2.75) is 70.5 Å². The Labute approximate surface area is 140 Å². The van der Waals surface area contributed by atoms with E-state index in [1.165, 1.54) is 25.7 Å². The normalized spacial score (nSPS) is 21.3. The van der Waals surface area contributed by atoms with Gasteiger partial charge < -0.3 is 9.84 Å². The molecule has 1 aliphatic heterocycles. The van der Waals surface area contributed by atoms with Crippen molar-refractivity contribution < 1.29 is 14.6 Å². The van der Waals surface area contributed by atoms with Gasteiger partial charge in [-0.2, -0.15) is 0 Å². The van der Waals surface area contributed by atoms with Crippen LogP contribution in [0.25, 0.3) is 0 Å². The molecule has 0 radical (unpaired) electrons. The molecule has 0 aromatic heterocycles. The molecule has 0 aliphatic carbocycles. The van der Waals surface area contributed by atoms with Gasteiger partial charge in [0, 0.05) is 6.42 Å². The fourth-order valence-electron chi connectivity index (χ4n) is 2.28. The minimum atomic E-state index is -0.722. The van der Waals surface area contributed by atoms with Crippen LogP contribution in [-0.4, -0.2) is 23.3 Å². The van der Waals surface area contributed by atoms with Gasteiger partial charge in [0.05, 0.1) is 6.10 Å². The number of ether oxygens (including phenoxy) is 1. The summed E-state index contributed by atoms with van der Waals surface area (Å²) in [7, 11) is 0. The number of hydrogen-bond donors (Lipinski definition) is 1. The van der Waals surface area contributed by atoms with E-state index in [2.05, 4.69) is 31.2 Å². The van der Waals surface area contributed by atoms with Gasteiger partial charge in [0.2, 0.25) is 0 Å². The number of allylic oxidation sites excluding steroid dienone is 7. The minimum absolute atomic E-state index is 0.249. The Morgan fingerprint density at radius 3 is 2.65 bits per heavy atom. The van der Waals surface area contributed by atoms with E-state index in [1.807, 2.05) is 24.3 Å². The Morgan fingerprint density at radius 1 is 1.04 bits per heavy atom. The third-order valence-corrected chi connectivity index (χ3v) is 3.68. The zero-order valence-corrected chi connectivity index (χ0v) is 14.2. The molecular formula is C20H30O3. The van der Waals surface area contributed by atoms with E-state index in [0.29, 0.717) is 18.6 Å². The SMILES string of the molecule is CCCCCC1OC1/C=C/C=C/C=C/C/C=C/CCCC(=O)O. The zero-order chi connectivity index (χ0) is 16.8. The first-order chi connectivity index (χ1) is 11.2. The lowest BCUT2D eigenvalue weighted by atomic mass is 10.1. The first-order valence-corrected chi connectivity index (χ1v) is 8.76. The summed E-state index contributed by atoms with van der Waals surface area (Å²) < 4.78 is 5.59. The molecule has 128 valence electrons. The number of carboxylic acids is 1. The average Bonchev–Trinajstić information content (AvgIpc) is 3.27. The van der Waals surface area contributed by atoms with E-state index >= 15 is 0 Å². The fraction of sp³-hybridized carbons (Fsp3) is 0.550. The Hall–Kier alpha value is -1.61. The molecule has 2 unspecified atom stereocenters. The summed E-state index contributed by atoms with van der Waals surface area (Å²) >= 11 is 0. The highest BCUT2D eigenvalue weighted by atomic mass is 16.6. The molecule has 2 atom stereocenters. The molecular weight excluding hydrogens is 288 g/mol. The first kappa shape index (κ1) is 19.4. The molecule has 1 saturated heterocycles. The maximum absolute atomic E-state index is 10.3. The summed E-state index contributed by atoms with van der Waals surface area (Å²) in [6, 6.07) is 0. The summed E-state index contributed by atoms with van der Waals surface area (Å²) in [5.74, 6) is -0.722. The lowest BCUT2D eigenvalue weighted by Crippen LogP contribution is -1.92. The van der Waals surface area contributed by atoms with Gasteiger partial charge in [0.1, 0.15) is 6.10 Å². The second-order valence-corrected chi connectivity index (χ2v) is 5.83. The molecule has 3 nitrogen and oxygen atoms in total. The third kappa shape index (κ3) is 11.6. The quantitative estimate of drug-likeness (QED) is 0.220. The van der Waals surface area contributed by atoms with E-state index in [0.717, 1.165) is 12.8 Å². The summed E-state index contributed by atoms with van der Waals surface area (Å²) in [4.78, 5) is 10.3. The number of carboxylic acid groups (broad SMARTS) is 1. The van der Waals surface area contributed by atoms with Gasteiger partial charge in [0.25, 0.3) is 0 Å². The van der Waals surface area contributed by atoms with Crippen molar-refractivity contribution in [1.29, 1.82) is 0 Å². The highest BCUT2D eigenvalue weighted by Crippen LogP contribution is 2.28. The summed E-state index contributed by atoms with van der Waals surface area (Å²) in [5, 5.41) is 8.50. The van der Waals surface area contributed by atoms with Crippen LogP contribution >= 0.6 is 0 Å². The predicted molar refractivity (Wildman–Crippen MR) is 95.5 cm³/mol. The molecule has 1 aliphatic rings. The maximum atomic E-state index is 10.3. The molecule has 23 heavy (non-hydrogen) atoms. The van der Waals surface area contributed by atoms with Crippen LogP contribution in [0.3, 0.4) is 0 Å². The van der Waals surface area contributed by atoms with Gasteiger partial charge in [-0.3, -0.25) is 4.79 Å². The molecule has 1 N–H and O–H groups in total. The molecule has 0 amide bonds. The Kier molecular flexibility index (Phi) is 10.9. The van der Waals surface area contributed by atoms with Gasteiger partial charge in [-0.05, 0) is 25.7 Å². The van der Waals surface area contributed by atoms with Crippen molar-refractivity contribution in [3.8, 4) is 0 Å². The van der Waals surface area contributed by atoms with Crippen LogP contribution in [0.15, 0.2) is 48.6 Å². The highest BCUT2D eigenvalue weighted by Gasteiger charge is 2.35. The van der Waals surface area contributed by atoms with Crippen molar-refractivity contribution in [3.05, 3.63) is 48.6 Å². The molecule has 3 heteroatoms. The molecule has 1 fully saturated rings. The van der Waals surface area contributed by atoms with Crippen molar-refractivity contribution in [2.75, 3.05) is 0 Å². The molecule has 0 aromatic rings. The number of carbonyl (C=O) groups is 1. The molecule has 0 aromatic carbocycles. The number of hydrogen-bond acceptors (Lipinski definition) is 2. The lowest BCUT2D eigenvalue weighted by Gasteiger charge is -1.92. The van der Waals surface area contributed by atoms with E-state index < -0.39 is 5.97 Å². The van der Waals surface area contributed by atoms with E-state index in [-0.39, 0.29) is 6.42 Å². The van der Waals surface area contributed by atoms with Crippen molar-refractivity contribution in [1.82, 2.24) is 0 Å². The van der Waals surface area contributed by atoms with Crippen LogP contribution in [0.4, 0.5) is 0 Å². The van der Waals surface area contributed by atoms with Crippen LogP contribution < -0.4 is 0 Å². The van der Waals surface area contributed by atoms with Crippen LogP contribution in [0.5, 0.6) is 0 Å². The monoisotopic (exact) mass is 318 g/mol. The largest absolute Gasteiger partial charge is 0.481 e. The van der Waals surface area contributed by atoms with Crippen molar-refractivity contribution >= 4 is 5.97 Å². The Morgan fingerprint density at radius 2 is 1.87 bits per heavy atom. The standard InChI is InChI=1S/C20H30O3/c1-2-3-12-15-18-19(23-18)16-13-10-8-6-4-5-7-9-11-14-17-20(21)22/h4,6-10,13,16,18-19H,2-3,5,11-12,14-15,17H2,1H3,(H,21,22)/b6-4+,9-7+,10-8+,16-13+. The van der Waals surface area contributed by atoms with E-state index in [9.17, 15) is 4.79 Å². The number of epoxide rings is 1. The van der Waals surface area contributed by atoms with Gasteiger partial charge in [0.15, 0.2) is 0 Å². The number of aliphatic carboxylic acids is 1. The lowest BCUT2D eigenvalue weighted by molar-refractivity contribution is -0.137. The smallest absolute Gasteiger partial charge is 0.303 e. The zero-order valence-electron chi connectivity index (χ0n) is 14.2. The number of unbranched alkanes of at least 4 members (excludes halogenated alkanes) is 3.